The molecule has 0 spiro atoms. The first-order valence-corrected chi connectivity index (χ1v) is 8.61. The average Bonchev–Trinajstić information content (AvgIpc) is 2.60. The first kappa shape index (κ1) is 14.2. The summed E-state index contributed by atoms with van der Waals surface area (Å²) in [5, 5.41) is 1.21. The minimum absolute atomic E-state index is 0.0912. The molecule has 3 aliphatic rings. The molecule has 1 unspecified atom stereocenters. The molecule has 2 N–H and O–H groups in total. The maximum atomic E-state index is 6.74. The first-order chi connectivity index (χ1) is 10.8. The van der Waals surface area contributed by atoms with Gasteiger partial charge in [0.1, 0.15) is 0 Å². The number of benzene rings is 1. The molecule has 0 amide bonds. The van der Waals surface area contributed by atoms with Gasteiger partial charge in [-0.15, -0.1) is 0 Å². The SMILES string of the molecule is CC[C@H]1CN2CC[C@H]1C[C@@H]2[C@H](N)c1ccnc2ccccc12. The molecule has 1 aromatic heterocycles. The fourth-order valence-electron chi connectivity index (χ4n) is 4.63. The number of nitrogens with zero attached hydrogens (tertiary/aromatic N) is 2. The lowest BCUT2D eigenvalue weighted by atomic mass is 9.72. The van der Waals surface area contributed by atoms with Crippen LogP contribution >= 0.6 is 0 Å². The van der Waals surface area contributed by atoms with Crippen molar-refractivity contribution in [3.8, 4) is 0 Å². The Morgan fingerprint density at radius 3 is 2.95 bits per heavy atom. The monoisotopic (exact) mass is 295 g/mol. The van der Waals surface area contributed by atoms with Crippen molar-refractivity contribution < 1.29 is 0 Å². The van der Waals surface area contributed by atoms with Crippen LogP contribution in [0.4, 0.5) is 0 Å². The van der Waals surface area contributed by atoms with Gasteiger partial charge in [-0.3, -0.25) is 9.88 Å². The number of pyridine rings is 1. The Morgan fingerprint density at radius 1 is 1.32 bits per heavy atom. The summed E-state index contributed by atoms with van der Waals surface area (Å²) in [7, 11) is 0. The highest BCUT2D eigenvalue weighted by Crippen LogP contribution is 2.41. The highest BCUT2D eigenvalue weighted by atomic mass is 15.2. The van der Waals surface area contributed by atoms with Crippen LogP contribution in [0.15, 0.2) is 36.5 Å². The fourth-order valence-corrected chi connectivity index (χ4v) is 4.63. The molecular weight excluding hydrogens is 270 g/mol. The van der Waals surface area contributed by atoms with Gasteiger partial charge in [-0.2, -0.15) is 0 Å². The molecule has 116 valence electrons. The Bertz CT molecular complexity index is 663. The quantitative estimate of drug-likeness (QED) is 0.944. The van der Waals surface area contributed by atoms with Crippen molar-refractivity contribution in [2.24, 2.45) is 17.6 Å². The number of hydrogen-bond donors (Lipinski definition) is 1. The molecule has 0 radical (unpaired) electrons. The summed E-state index contributed by atoms with van der Waals surface area (Å²) in [6, 6.07) is 11.1. The van der Waals surface area contributed by atoms with E-state index in [0.29, 0.717) is 6.04 Å². The summed E-state index contributed by atoms with van der Waals surface area (Å²) in [6.07, 6.45) is 5.83. The van der Waals surface area contributed by atoms with Crippen molar-refractivity contribution in [3.05, 3.63) is 42.1 Å². The van der Waals surface area contributed by atoms with Crippen LogP contribution < -0.4 is 5.73 Å². The third-order valence-electron chi connectivity index (χ3n) is 5.92. The second kappa shape index (κ2) is 5.64. The number of piperidine rings is 3. The number of para-hydroxylation sites is 1. The normalized spacial score (nSPS) is 32.3. The molecule has 2 bridgehead atoms. The van der Waals surface area contributed by atoms with E-state index in [9.17, 15) is 0 Å². The molecule has 3 heteroatoms. The van der Waals surface area contributed by atoms with Gasteiger partial charge in [0, 0.05) is 30.2 Å². The Hall–Kier alpha value is -1.45. The van der Waals surface area contributed by atoms with E-state index in [-0.39, 0.29) is 6.04 Å². The molecule has 2 aromatic rings. The van der Waals surface area contributed by atoms with Crippen LogP contribution in [0.2, 0.25) is 0 Å². The van der Waals surface area contributed by atoms with Crippen LogP contribution in [0, 0.1) is 11.8 Å². The highest BCUT2D eigenvalue weighted by molar-refractivity contribution is 5.82. The van der Waals surface area contributed by atoms with Crippen molar-refractivity contribution in [2.45, 2.75) is 38.3 Å². The molecule has 3 fully saturated rings. The number of rotatable bonds is 3. The largest absolute Gasteiger partial charge is 0.323 e. The highest BCUT2D eigenvalue weighted by Gasteiger charge is 2.41. The van der Waals surface area contributed by atoms with Gasteiger partial charge in [-0.05, 0) is 48.9 Å². The lowest BCUT2D eigenvalue weighted by Crippen LogP contribution is -2.56. The average molecular weight is 295 g/mol. The summed E-state index contributed by atoms with van der Waals surface area (Å²) in [4.78, 5) is 7.12. The standard InChI is InChI=1S/C19H25N3/c1-2-13-12-22-10-8-14(13)11-18(22)19(20)16-7-9-21-17-6-4-3-5-15(16)17/h3-7,9,13-14,18-19H,2,8,10-12,20H2,1H3/t13-,14-,18+,19+/m0/s1. The molecule has 3 nitrogen and oxygen atoms in total. The lowest BCUT2D eigenvalue weighted by Gasteiger charge is -2.51. The number of nitrogens with two attached hydrogens (primary N) is 1. The van der Waals surface area contributed by atoms with E-state index in [1.807, 2.05) is 12.3 Å². The molecule has 3 aliphatic heterocycles. The number of fused-ring (bicyclic) bond motifs is 4. The second-order valence-electron chi connectivity index (χ2n) is 6.96. The van der Waals surface area contributed by atoms with Crippen molar-refractivity contribution >= 4 is 10.9 Å². The summed E-state index contributed by atoms with van der Waals surface area (Å²) in [5.74, 6) is 1.76. The topological polar surface area (TPSA) is 42.1 Å². The Morgan fingerprint density at radius 2 is 2.18 bits per heavy atom. The summed E-state index contributed by atoms with van der Waals surface area (Å²) >= 11 is 0. The lowest BCUT2D eigenvalue weighted by molar-refractivity contribution is -0.0105. The third-order valence-corrected chi connectivity index (χ3v) is 5.92. The van der Waals surface area contributed by atoms with Gasteiger partial charge in [0.2, 0.25) is 0 Å². The third kappa shape index (κ3) is 2.24. The van der Waals surface area contributed by atoms with E-state index < -0.39 is 0 Å². The number of hydrogen-bond acceptors (Lipinski definition) is 3. The molecule has 22 heavy (non-hydrogen) atoms. The summed E-state index contributed by atoms with van der Waals surface area (Å²) in [5.41, 5.74) is 9.05. The van der Waals surface area contributed by atoms with Crippen molar-refractivity contribution in [3.63, 3.8) is 0 Å². The smallest absolute Gasteiger partial charge is 0.0705 e. The molecule has 5 atom stereocenters. The van der Waals surface area contributed by atoms with Crippen molar-refractivity contribution in [2.75, 3.05) is 13.1 Å². The molecular formula is C19H25N3. The Balaban J connectivity index is 1.66. The van der Waals surface area contributed by atoms with E-state index in [1.165, 1.54) is 43.3 Å². The fraction of sp³-hybridized carbons (Fsp3) is 0.526. The van der Waals surface area contributed by atoms with Crippen LogP contribution in [0.25, 0.3) is 10.9 Å². The zero-order chi connectivity index (χ0) is 15.1. The maximum Gasteiger partial charge on any atom is 0.0705 e. The summed E-state index contributed by atoms with van der Waals surface area (Å²) < 4.78 is 0. The number of aromatic nitrogens is 1. The van der Waals surface area contributed by atoms with Crippen molar-refractivity contribution in [1.82, 2.24) is 9.88 Å². The maximum absolute atomic E-state index is 6.74. The summed E-state index contributed by atoms with van der Waals surface area (Å²) in [6.45, 7) is 4.79. The van der Waals surface area contributed by atoms with E-state index in [4.69, 9.17) is 5.73 Å². The minimum Gasteiger partial charge on any atom is -0.323 e. The van der Waals surface area contributed by atoms with E-state index >= 15 is 0 Å². The molecule has 4 heterocycles. The predicted octanol–water partition coefficient (Wildman–Crippen LogP) is 3.36. The van der Waals surface area contributed by atoms with E-state index in [2.05, 4.69) is 41.1 Å². The van der Waals surface area contributed by atoms with Crippen LogP contribution in [-0.2, 0) is 0 Å². The van der Waals surface area contributed by atoms with Crippen LogP contribution in [-0.4, -0.2) is 29.0 Å². The van der Waals surface area contributed by atoms with Gasteiger partial charge < -0.3 is 5.73 Å². The first-order valence-electron chi connectivity index (χ1n) is 8.61. The van der Waals surface area contributed by atoms with Gasteiger partial charge >= 0.3 is 0 Å². The molecule has 0 saturated carbocycles. The van der Waals surface area contributed by atoms with Crippen LogP contribution in [0.3, 0.4) is 0 Å². The van der Waals surface area contributed by atoms with Gasteiger partial charge in [-0.1, -0.05) is 31.5 Å². The molecule has 3 saturated heterocycles. The van der Waals surface area contributed by atoms with E-state index in [0.717, 1.165) is 17.4 Å². The van der Waals surface area contributed by atoms with Crippen molar-refractivity contribution in [1.29, 1.82) is 0 Å². The zero-order valence-corrected chi connectivity index (χ0v) is 13.3. The Labute approximate surface area is 132 Å². The Kier molecular flexibility index (Phi) is 3.63. The van der Waals surface area contributed by atoms with Gasteiger partial charge in [0.25, 0.3) is 0 Å². The molecule has 1 aromatic carbocycles. The van der Waals surface area contributed by atoms with E-state index in [1.54, 1.807) is 0 Å². The minimum atomic E-state index is 0.0912. The van der Waals surface area contributed by atoms with Crippen LogP contribution in [0.5, 0.6) is 0 Å². The van der Waals surface area contributed by atoms with Gasteiger partial charge in [0.15, 0.2) is 0 Å². The van der Waals surface area contributed by atoms with Gasteiger partial charge in [-0.25, -0.2) is 0 Å². The zero-order valence-electron chi connectivity index (χ0n) is 13.3. The second-order valence-corrected chi connectivity index (χ2v) is 6.96. The molecule has 5 rings (SSSR count). The van der Waals surface area contributed by atoms with Gasteiger partial charge in [0.05, 0.1) is 5.52 Å². The predicted molar refractivity (Wildman–Crippen MR) is 90.5 cm³/mol. The molecule has 0 aliphatic carbocycles. The van der Waals surface area contributed by atoms with Crippen LogP contribution in [0.1, 0.15) is 37.8 Å².